The van der Waals surface area contributed by atoms with Gasteiger partial charge in [0.1, 0.15) is 5.75 Å². The van der Waals surface area contributed by atoms with Crippen LogP contribution in [0.2, 0.25) is 0 Å². The molecule has 0 radical (unpaired) electrons. The zero-order chi connectivity index (χ0) is 13.7. The second kappa shape index (κ2) is 6.53. The van der Waals surface area contributed by atoms with Crippen molar-refractivity contribution in [1.29, 1.82) is 0 Å². The van der Waals surface area contributed by atoms with Crippen molar-refractivity contribution in [2.45, 2.75) is 18.9 Å². The zero-order valence-corrected chi connectivity index (χ0v) is 12.2. The number of nitrogens with one attached hydrogen (secondary N) is 4. The van der Waals surface area contributed by atoms with Crippen molar-refractivity contribution in [3.8, 4) is 5.75 Å². The number of benzene rings is 1. The van der Waals surface area contributed by atoms with Gasteiger partial charge in [-0.05, 0) is 49.4 Å². The number of anilines is 1. The van der Waals surface area contributed by atoms with Gasteiger partial charge in [-0.15, -0.1) is 0 Å². The van der Waals surface area contributed by atoms with Gasteiger partial charge in [-0.3, -0.25) is 10.9 Å². The van der Waals surface area contributed by atoms with Gasteiger partial charge in [0, 0.05) is 6.04 Å². The molecule has 0 amide bonds. The summed E-state index contributed by atoms with van der Waals surface area (Å²) >= 11 is 10.3. The van der Waals surface area contributed by atoms with E-state index >= 15 is 0 Å². The fourth-order valence-electron chi connectivity index (χ4n) is 1.46. The maximum atomic E-state index is 5.22. The Labute approximate surface area is 123 Å². The van der Waals surface area contributed by atoms with Gasteiger partial charge in [-0.1, -0.05) is 12.1 Å². The van der Waals surface area contributed by atoms with Crippen LogP contribution in [0.15, 0.2) is 24.3 Å². The van der Waals surface area contributed by atoms with Crippen LogP contribution in [0.1, 0.15) is 12.8 Å². The topological polar surface area (TPSA) is 57.4 Å². The Bertz CT molecular complexity index is 477. The van der Waals surface area contributed by atoms with E-state index in [0.29, 0.717) is 16.3 Å². The van der Waals surface area contributed by atoms with Crippen molar-refractivity contribution in [3.05, 3.63) is 24.3 Å². The summed E-state index contributed by atoms with van der Waals surface area (Å²) in [5.74, 6) is 0.727. The second-order valence-electron chi connectivity index (χ2n) is 4.15. The number of hydrogen-bond donors (Lipinski definition) is 4. The Balaban J connectivity index is 1.78. The van der Waals surface area contributed by atoms with Crippen LogP contribution in [-0.2, 0) is 0 Å². The largest absolute Gasteiger partial charge is 0.495 e. The first-order chi connectivity index (χ1) is 9.19. The molecule has 7 heteroatoms. The quantitative estimate of drug-likeness (QED) is 0.498. The monoisotopic (exact) mass is 296 g/mol. The molecule has 102 valence electrons. The molecule has 0 atom stereocenters. The van der Waals surface area contributed by atoms with Crippen LogP contribution in [0.3, 0.4) is 0 Å². The summed E-state index contributed by atoms with van der Waals surface area (Å²) in [7, 11) is 1.62. The Kier molecular flexibility index (Phi) is 4.75. The SMILES string of the molecule is COc1ccccc1NC(=S)NNC(=S)NC1CC1. The molecule has 2 rings (SSSR count). The highest BCUT2D eigenvalue weighted by atomic mass is 32.1. The second-order valence-corrected chi connectivity index (χ2v) is 4.97. The van der Waals surface area contributed by atoms with E-state index in [1.165, 1.54) is 12.8 Å². The number of ether oxygens (including phenoxy) is 1. The number of hydrogen-bond acceptors (Lipinski definition) is 3. The minimum Gasteiger partial charge on any atom is -0.495 e. The number of rotatable bonds is 3. The molecule has 1 aliphatic rings. The molecule has 0 aromatic heterocycles. The molecule has 1 saturated carbocycles. The molecule has 1 aromatic carbocycles. The van der Waals surface area contributed by atoms with Gasteiger partial charge in [0.2, 0.25) is 0 Å². The molecule has 1 aromatic rings. The molecule has 4 N–H and O–H groups in total. The van der Waals surface area contributed by atoms with Crippen LogP contribution in [0.4, 0.5) is 5.69 Å². The summed E-state index contributed by atoms with van der Waals surface area (Å²) in [6.45, 7) is 0. The predicted molar refractivity (Wildman–Crippen MR) is 84.2 cm³/mol. The van der Waals surface area contributed by atoms with Crippen LogP contribution >= 0.6 is 24.4 Å². The van der Waals surface area contributed by atoms with E-state index in [2.05, 4.69) is 21.5 Å². The molecule has 5 nitrogen and oxygen atoms in total. The summed E-state index contributed by atoms with van der Waals surface area (Å²) in [5.41, 5.74) is 6.46. The number of methoxy groups -OCH3 is 1. The van der Waals surface area contributed by atoms with Gasteiger partial charge in [-0.25, -0.2) is 0 Å². The molecule has 0 spiro atoms. The normalized spacial score (nSPS) is 13.3. The van der Waals surface area contributed by atoms with Crippen molar-refractivity contribution in [1.82, 2.24) is 16.2 Å². The lowest BCUT2D eigenvalue weighted by Crippen LogP contribution is -2.48. The molecule has 0 heterocycles. The van der Waals surface area contributed by atoms with Gasteiger partial charge in [0.25, 0.3) is 0 Å². The summed E-state index contributed by atoms with van der Waals surface area (Å²) in [5, 5.41) is 7.14. The first-order valence-electron chi connectivity index (χ1n) is 5.95. The molecular weight excluding hydrogens is 280 g/mol. The van der Waals surface area contributed by atoms with E-state index in [1.807, 2.05) is 24.3 Å². The molecule has 1 aliphatic carbocycles. The number of para-hydroxylation sites is 2. The van der Waals surface area contributed by atoms with E-state index < -0.39 is 0 Å². The van der Waals surface area contributed by atoms with Crippen molar-refractivity contribution >= 4 is 40.3 Å². The van der Waals surface area contributed by atoms with Crippen molar-refractivity contribution in [2.24, 2.45) is 0 Å². The Hall–Kier alpha value is -1.60. The highest BCUT2D eigenvalue weighted by Crippen LogP contribution is 2.22. The fraction of sp³-hybridized carbons (Fsp3) is 0.333. The average Bonchev–Trinajstić information content (AvgIpc) is 3.21. The first kappa shape index (κ1) is 13.8. The molecule has 1 fully saturated rings. The van der Waals surface area contributed by atoms with Crippen LogP contribution in [0.5, 0.6) is 5.75 Å². The fourth-order valence-corrected chi connectivity index (χ4v) is 1.84. The van der Waals surface area contributed by atoms with E-state index in [9.17, 15) is 0 Å². The lowest BCUT2D eigenvalue weighted by molar-refractivity contribution is 0.417. The molecule has 0 saturated heterocycles. The van der Waals surface area contributed by atoms with Gasteiger partial charge in [0.15, 0.2) is 10.2 Å². The molecular formula is C12H16N4OS2. The summed E-state index contributed by atoms with van der Waals surface area (Å²) in [6, 6.07) is 8.05. The zero-order valence-electron chi connectivity index (χ0n) is 10.5. The van der Waals surface area contributed by atoms with Crippen molar-refractivity contribution in [3.63, 3.8) is 0 Å². The third kappa shape index (κ3) is 4.53. The maximum Gasteiger partial charge on any atom is 0.189 e. The molecule has 0 unspecified atom stereocenters. The summed E-state index contributed by atoms with van der Waals surface area (Å²) in [6.07, 6.45) is 2.34. The van der Waals surface area contributed by atoms with E-state index in [0.717, 1.165) is 11.4 Å². The predicted octanol–water partition coefficient (Wildman–Crippen LogP) is 1.52. The summed E-state index contributed by atoms with van der Waals surface area (Å²) < 4.78 is 5.22. The van der Waals surface area contributed by atoms with Crippen LogP contribution in [0.25, 0.3) is 0 Å². The van der Waals surface area contributed by atoms with Gasteiger partial charge in [-0.2, -0.15) is 0 Å². The number of hydrazine groups is 1. The van der Waals surface area contributed by atoms with Crippen molar-refractivity contribution in [2.75, 3.05) is 12.4 Å². The lowest BCUT2D eigenvalue weighted by Gasteiger charge is -2.15. The number of thiocarbonyl (C=S) groups is 2. The van der Waals surface area contributed by atoms with Gasteiger partial charge < -0.3 is 15.4 Å². The Morgan fingerprint density at radius 3 is 2.53 bits per heavy atom. The Morgan fingerprint density at radius 2 is 1.84 bits per heavy atom. The van der Waals surface area contributed by atoms with Crippen LogP contribution in [-0.4, -0.2) is 23.4 Å². The first-order valence-corrected chi connectivity index (χ1v) is 6.77. The minimum atomic E-state index is 0.421. The molecule has 0 aliphatic heterocycles. The third-order valence-electron chi connectivity index (χ3n) is 2.56. The third-order valence-corrected chi connectivity index (χ3v) is 2.98. The van der Waals surface area contributed by atoms with Crippen LogP contribution in [0, 0.1) is 0 Å². The van der Waals surface area contributed by atoms with E-state index in [-0.39, 0.29) is 0 Å². The standard InChI is InChI=1S/C12H16N4OS2/c1-17-10-5-3-2-4-9(10)14-12(19)16-15-11(18)13-8-6-7-8/h2-5,8H,6-7H2,1H3,(H2,13,15,18)(H2,14,16,19). The highest BCUT2D eigenvalue weighted by molar-refractivity contribution is 7.80. The lowest BCUT2D eigenvalue weighted by atomic mass is 10.3. The minimum absolute atomic E-state index is 0.421. The molecule has 0 bridgehead atoms. The maximum absolute atomic E-state index is 5.22. The highest BCUT2D eigenvalue weighted by Gasteiger charge is 2.21. The average molecular weight is 296 g/mol. The van der Waals surface area contributed by atoms with E-state index in [1.54, 1.807) is 7.11 Å². The summed E-state index contributed by atoms with van der Waals surface area (Å²) in [4.78, 5) is 0. The van der Waals surface area contributed by atoms with Gasteiger partial charge >= 0.3 is 0 Å². The van der Waals surface area contributed by atoms with Gasteiger partial charge in [0.05, 0.1) is 12.8 Å². The smallest absolute Gasteiger partial charge is 0.189 e. The van der Waals surface area contributed by atoms with Crippen LogP contribution < -0.4 is 26.2 Å². The Morgan fingerprint density at radius 1 is 1.16 bits per heavy atom. The van der Waals surface area contributed by atoms with E-state index in [4.69, 9.17) is 29.2 Å². The van der Waals surface area contributed by atoms with Crippen molar-refractivity contribution < 1.29 is 4.74 Å². The molecule has 19 heavy (non-hydrogen) atoms.